The maximum atomic E-state index is 5.68. The third kappa shape index (κ3) is 2.13. The first-order valence-corrected chi connectivity index (χ1v) is 6.14. The molecule has 88 valence electrons. The molecule has 2 nitrogen and oxygen atoms in total. The molecule has 0 amide bonds. The maximum absolute atomic E-state index is 5.68. The second kappa shape index (κ2) is 4.98. The van der Waals surface area contributed by atoms with Crippen LogP contribution >= 0.6 is 0 Å². The Morgan fingerprint density at radius 2 is 2.12 bits per heavy atom. The standard InChI is InChI=1S/C14H21NO/c1-3-15-13-9-10-16-11-14(13,2)12-7-5-4-6-8-12/h4-8,13,15H,3,9-11H2,1-2H3. The lowest BCUT2D eigenvalue weighted by molar-refractivity contribution is 0.0186. The summed E-state index contributed by atoms with van der Waals surface area (Å²) >= 11 is 0. The number of hydrogen-bond donors (Lipinski definition) is 1. The SMILES string of the molecule is CCNC1CCOCC1(C)c1ccccc1. The summed E-state index contributed by atoms with van der Waals surface area (Å²) in [6.07, 6.45) is 1.10. The third-order valence-corrected chi connectivity index (χ3v) is 3.61. The van der Waals surface area contributed by atoms with Gasteiger partial charge in [-0.2, -0.15) is 0 Å². The highest BCUT2D eigenvalue weighted by Gasteiger charge is 2.38. The molecule has 16 heavy (non-hydrogen) atoms. The minimum atomic E-state index is 0.107. The fourth-order valence-electron chi connectivity index (χ4n) is 2.58. The molecule has 1 saturated heterocycles. The molecule has 1 N–H and O–H groups in total. The van der Waals surface area contributed by atoms with Crippen LogP contribution in [0.1, 0.15) is 25.8 Å². The Labute approximate surface area is 98.0 Å². The van der Waals surface area contributed by atoms with Crippen LogP contribution in [0.25, 0.3) is 0 Å². The van der Waals surface area contributed by atoms with Gasteiger partial charge in [0.25, 0.3) is 0 Å². The first kappa shape index (κ1) is 11.6. The van der Waals surface area contributed by atoms with Crippen LogP contribution in [0.4, 0.5) is 0 Å². The van der Waals surface area contributed by atoms with Crippen LogP contribution in [-0.2, 0) is 10.2 Å². The third-order valence-electron chi connectivity index (χ3n) is 3.61. The second-order valence-corrected chi connectivity index (χ2v) is 4.74. The van der Waals surface area contributed by atoms with E-state index in [1.165, 1.54) is 5.56 Å². The van der Waals surface area contributed by atoms with Gasteiger partial charge in [0.1, 0.15) is 0 Å². The quantitative estimate of drug-likeness (QED) is 0.842. The summed E-state index contributed by atoms with van der Waals surface area (Å²) in [5, 5.41) is 3.59. The maximum Gasteiger partial charge on any atom is 0.0575 e. The fraction of sp³-hybridized carbons (Fsp3) is 0.571. The number of benzene rings is 1. The van der Waals surface area contributed by atoms with Gasteiger partial charge in [-0.25, -0.2) is 0 Å². The minimum absolute atomic E-state index is 0.107. The molecule has 1 aliphatic rings. The minimum Gasteiger partial charge on any atom is -0.380 e. The molecule has 2 atom stereocenters. The molecule has 1 heterocycles. The molecule has 1 aromatic carbocycles. The van der Waals surface area contributed by atoms with Gasteiger partial charge < -0.3 is 10.1 Å². The summed E-state index contributed by atoms with van der Waals surface area (Å²) < 4.78 is 5.68. The molecule has 2 heteroatoms. The molecule has 0 saturated carbocycles. The Bertz CT molecular complexity index is 323. The Kier molecular flexibility index (Phi) is 3.62. The summed E-state index contributed by atoms with van der Waals surface area (Å²) in [6, 6.07) is 11.2. The van der Waals surface area contributed by atoms with Gasteiger partial charge >= 0.3 is 0 Å². The van der Waals surface area contributed by atoms with Crippen molar-refractivity contribution in [2.45, 2.75) is 31.7 Å². The van der Waals surface area contributed by atoms with Crippen molar-refractivity contribution in [1.82, 2.24) is 5.32 Å². The Hall–Kier alpha value is -0.860. The van der Waals surface area contributed by atoms with Crippen molar-refractivity contribution in [1.29, 1.82) is 0 Å². The molecule has 0 radical (unpaired) electrons. The van der Waals surface area contributed by atoms with Gasteiger partial charge in [-0.3, -0.25) is 0 Å². The lowest BCUT2D eigenvalue weighted by atomic mass is 9.74. The van der Waals surface area contributed by atoms with Crippen molar-refractivity contribution >= 4 is 0 Å². The zero-order valence-corrected chi connectivity index (χ0v) is 10.2. The van der Waals surface area contributed by atoms with E-state index in [0.29, 0.717) is 6.04 Å². The van der Waals surface area contributed by atoms with E-state index in [4.69, 9.17) is 4.74 Å². The zero-order chi connectivity index (χ0) is 11.4. The first-order valence-electron chi connectivity index (χ1n) is 6.14. The lowest BCUT2D eigenvalue weighted by Crippen LogP contribution is -2.53. The lowest BCUT2D eigenvalue weighted by Gasteiger charge is -2.42. The molecule has 1 fully saturated rings. The molecule has 2 rings (SSSR count). The Morgan fingerprint density at radius 1 is 1.38 bits per heavy atom. The van der Waals surface area contributed by atoms with Crippen molar-refractivity contribution in [3.8, 4) is 0 Å². The van der Waals surface area contributed by atoms with Gasteiger partial charge in [-0.1, -0.05) is 44.2 Å². The predicted molar refractivity (Wildman–Crippen MR) is 66.7 cm³/mol. The van der Waals surface area contributed by atoms with E-state index in [9.17, 15) is 0 Å². The number of ether oxygens (including phenoxy) is 1. The first-order chi connectivity index (χ1) is 7.77. The van der Waals surface area contributed by atoms with Crippen LogP contribution in [0, 0.1) is 0 Å². The van der Waals surface area contributed by atoms with Gasteiger partial charge in [-0.05, 0) is 18.5 Å². The molecule has 0 aliphatic carbocycles. The smallest absolute Gasteiger partial charge is 0.0575 e. The summed E-state index contributed by atoms with van der Waals surface area (Å²) in [5.41, 5.74) is 1.48. The summed E-state index contributed by atoms with van der Waals surface area (Å²) in [6.45, 7) is 7.18. The highest BCUT2D eigenvalue weighted by atomic mass is 16.5. The van der Waals surface area contributed by atoms with Crippen LogP contribution in [0.15, 0.2) is 30.3 Å². The topological polar surface area (TPSA) is 21.3 Å². The Morgan fingerprint density at radius 3 is 2.81 bits per heavy atom. The van der Waals surface area contributed by atoms with E-state index in [1.807, 2.05) is 0 Å². The Balaban J connectivity index is 2.26. The second-order valence-electron chi connectivity index (χ2n) is 4.74. The number of likely N-dealkylation sites (N-methyl/N-ethyl adjacent to an activating group) is 1. The molecular formula is C14H21NO. The monoisotopic (exact) mass is 219 g/mol. The van der Waals surface area contributed by atoms with E-state index in [0.717, 1.165) is 26.2 Å². The molecule has 0 bridgehead atoms. The van der Waals surface area contributed by atoms with Crippen LogP contribution in [-0.4, -0.2) is 25.8 Å². The number of nitrogens with one attached hydrogen (secondary N) is 1. The van der Waals surface area contributed by atoms with Crippen molar-refractivity contribution in [3.05, 3.63) is 35.9 Å². The highest BCUT2D eigenvalue weighted by Crippen LogP contribution is 2.32. The number of hydrogen-bond acceptors (Lipinski definition) is 2. The van der Waals surface area contributed by atoms with Gasteiger partial charge in [0, 0.05) is 18.1 Å². The predicted octanol–water partition coefficient (Wildman–Crippen LogP) is 2.34. The van der Waals surface area contributed by atoms with E-state index in [-0.39, 0.29) is 5.41 Å². The van der Waals surface area contributed by atoms with Gasteiger partial charge in [0.15, 0.2) is 0 Å². The molecular weight excluding hydrogens is 198 g/mol. The van der Waals surface area contributed by atoms with Crippen LogP contribution in [0.2, 0.25) is 0 Å². The van der Waals surface area contributed by atoms with E-state index < -0.39 is 0 Å². The highest BCUT2D eigenvalue weighted by molar-refractivity contribution is 5.27. The molecule has 1 aliphatic heterocycles. The van der Waals surface area contributed by atoms with Crippen molar-refractivity contribution in [3.63, 3.8) is 0 Å². The normalized spacial score (nSPS) is 30.2. The van der Waals surface area contributed by atoms with E-state index >= 15 is 0 Å². The van der Waals surface area contributed by atoms with Crippen molar-refractivity contribution in [2.75, 3.05) is 19.8 Å². The largest absolute Gasteiger partial charge is 0.380 e. The van der Waals surface area contributed by atoms with E-state index in [1.54, 1.807) is 0 Å². The van der Waals surface area contributed by atoms with Gasteiger partial charge in [0.05, 0.1) is 6.61 Å². The van der Waals surface area contributed by atoms with Crippen LogP contribution in [0.3, 0.4) is 0 Å². The van der Waals surface area contributed by atoms with Gasteiger partial charge in [0.2, 0.25) is 0 Å². The number of rotatable bonds is 3. The summed E-state index contributed by atoms with van der Waals surface area (Å²) in [7, 11) is 0. The molecule has 2 unspecified atom stereocenters. The fourth-order valence-corrected chi connectivity index (χ4v) is 2.58. The molecule has 1 aromatic rings. The zero-order valence-electron chi connectivity index (χ0n) is 10.2. The molecule has 0 aromatic heterocycles. The average molecular weight is 219 g/mol. The van der Waals surface area contributed by atoms with Crippen molar-refractivity contribution < 1.29 is 4.74 Å². The summed E-state index contributed by atoms with van der Waals surface area (Å²) in [5.74, 6) is 0. The van der Waals surface area contributed by atoms with Crippen LogP contribution < -0.4 is 5.32 Å². The van der Waals surface area contributed by atoms with Crippen LogP contribution in [0.5, 0.6) is 0 Å². The average Bonchev–Trinajstić information content (AvgIpc) is 2.34. The summed E-state index contributed by atoms with van der Waals surface area (Å²) in [4.78, 5) is 0. The van der Waals surface area contributed by atoms with E-state index in [2.05, 4.69) is 49.5 Å². The molecule has 0 spiro atoms. The van der Waals surface area contributed by atoms with Gasteiger partial charge in [-0.15, -0.1) is 0 Å². The van der Waals surface area contributed by atoms with Crippen molar-refractivity contribution in [2.24, 2.45) is 0 Å².